The molecule has 24 heavy (non-hydrogen) atoms. The summed E-state index contributed by atoms with van der Waals surface area (Å²) in [6.45, 7) is 8.33. The highest BCUT2D eigenvalue weighted by molar-refractivity contribution is 5.89. The molecule has 1 aromatic carbocycles. The number of nitrogens with one attached hydrogen (secondary N) is 2. The van der Waals surface area contributed by atoms with Gasteiger partial charge >= 0.3 is 0 Å². The molecule has 6 nitrogen and oxygen atoms in total. The van der Waals surface area contributed by atoms with Gasteiger partial charge in [0.05, 0.1) is 23.0 Å². The van der Waals surface area contributed by atoms with E-state index in [0.717, 1.165) is 16.9 Å². The molecule has 0 spiro atoms. The standard InChI is InChI=1S/C18H24N4O2/c1-11(16-20-13-7-5-6-8-14(13)21-16)19-17(24)12-9-15(23)22(10-12)18(2,3)4/h5-8,11-12H,9-10H2,1-4H3,(H,19,24)(H,20,21)/t11-,12?/m0/s1. The molecule has 6 heteroatoms. The van der Waals surface area contributed by atoms with Gasteiger partial charge < -0.3 is 15.2 Å². The normalized spacial score (nSPS) is 19.8. The van der Waals surface area contributed by atoms with Crippen LogP contribution in [-0.2, 0) is 9.59 Å². The summed E-state index contributed by atoms with van der Waals surface area (Å²) >= 11 is 0. The van der Waals surface area contributed by atoms with Gasteiger partial charge in [0.25, 0.3) is 0 Å². The van der Waals surface area contributed by atoms with Crippen molar-refractivity contribution in [3.8, 4) is 0 Å². The summed E-state index contributed by atoms with van der Waals surface area (Å²) in [7, 11) is 0. The highest BCUT2D eigenvalue weighted by atomic mass is 16.2. The molecule has 2 heterocycles. The molecule has 0 radical (unpaired) electrons. The van der Waals surface area contributed by atoms with Crippen LogP contribution in [0, 0.1) is 5.92 Å². The number of hydrogen-bond donors (Lipinski definition) is 2. The van der Waals surface area contributed by atoms with Crippen molar-refractivity contribution < 1.29 is 9.59 Å². The third kappa shape index (κ3) is 3.13. The molecule has 3 rings (SSSR count). The van der Waals surface area contributed by atoms with E-state index in [-0.39, 0.29) is 35.7 Å². The van der Waals surface area contributed by atoms with Crippen LogP contribution in [0.2, 0.25) is 0 Å². The number of H-pyrrole nitrogens is 1. The Morgan fingerprint density at radius 2 is 2.08 bits per heavy atom. The summed E-state index contributed by atoms with van der Waals surface area (Å²) in [5, 5.41) is 2.98. The molecule has 0 bridgehead atoms. The number of benzene rings is 1. The fraction of sp³-hybridized carbons (Fsp3) is 0.500. The Balaban J connectivity index is 1.67. The van der Waals surface area contributed by atoms with Gasteiger partial charge in [-0.1, -0.05) is 12.1 Å². The van der Waals surface area contributed by atoms with E-state index in [1.165, 1.54) is 0 Å². The van der Waals surface area contributed by atoms with Gasteiger partial charge in [-0.05, 0) is 39.8 Å². The number of carbonyl (C=O) groups is 2. The number of nitrogens with zero attached hydrogens (tertiary/aromatic N) is 2. The van der Waals surface area contributed by atoms with E-state index in [2.05, 4.69) is 15.3 Å². The molecule has 1 unspecified atom stereocenters. The molecule has 1 aliphatic heterocycles. The van der Waals surface area contributed by atoms with Crippen LogP contribution in [0.5, 0.6) is 0 Å². The maximum absolute atomic E-state index is 12.5. The zero-order chi connectivity index (χ0) is 17.5. The van der Waals surface area contributed by atoms with E-state index < -0.39 is 0 Å². The summed E-state index contributed by atoms with van der Waals surface area (Å²) in [5.74, 6) is 0.368. The van der Waals surface area contributed by atoms with Gasteiger partial charge in [0.15, 0.2) is 0 Å². The average Bonchev–Trinajstić information content (AvgIpc) is 3.09. The number of para-hydroxylation sites is 2. The van der Waals surface area contributed by atoms with Gasteiger partial charge in [0.2, 0.25) is 11.8 Å². The Morgan fingerprint density at radius 1 is 1.38 bits per heavy atom. The van der Waals surface area contributed by atoms with Gasteiger partial charge in [-0.15, -0.1) is 0 Å². The molecule has 1 aromatic heterocycles. The minimum atomic E-state index is -0.302. The Hall–Kier alpha value is -2.37. The minimum Gasteiger partial charge on any atom is -0.346 e. The molecule has 1 saturated heterocycles. The number of aromatic amines is 1. The number of carbonyl (C=O) groups excluding carboxylic acids is 2. The van der Waals surface area contributed by atoms with Crippen LogP contribution in [-0.4, -0.2) is 38.8 Å². The predicted octanol–water partition coefficient (Wildman–Crippen LogP) is 2.39. The number of likely N-dealkylation sites (tertiary alicyclic amines) is 1. The molecule has 2 aromatic rings. The summed E-state index contributed by atoms with van der Waals surface area (Å²) < 4.78 is 0. The average molecular weight is 328 g/mol. The van der Waals surface area contributed by atoms with Crippen LogP contribution in [0.4, 0.5) is 0 Å². The first kappa shape index (κ1) is 16.5. The van der Waals surface area contributed by atoms with Crippen molar-refractivity contribution in [2.75, 3.05) is 6.54 Å². The fourth-order valence-corrected chi connectivity index (χ4v) is 3.11. The lowest BCUT2D eigenvalue weighted by Crippen LogP contribution is -2.43. The lowest BCUT2D eigenvalue weighted by atomic mass is 10.1. The van der Waals surface area contributed by atoms with E-state index in [9.17, 15) is 9.59 Å². The van der Waals surface area contributed by atoms with E-state index in [1.807, 2.05) is 52.0 Å². The zero-order valence-corrected chi connectivity index (χ0v) is 14.6. The van der Waals surface area contributed by atoms with E-state index >= 15 is 0 Å². The number of fused-ring (bicyclic) bond motifs is 1. The number of rotatable bonds is 3. The second kappa shape index (κ2) is 5.92. The number of amides is 2. The van der Waals surface area contributed by atoms with E-state index in [1.54, 1.807) is 4.90 Å². The third-order valence-corrected chi connectivity index (χ3v) is 4.48. The van der Waals surface area contributed by atoms with Gasteiger partial charge in [0.1, 0.15) is 5.82 Å². The van der Waals surface area contributed by atoms with Crippen LogP contribution in [0.25, 0.3) is 11.0 Å². The van der Waals surface area contributed by atoms with Crippen LogP contribution in [0.1, 0.15) is 46.0 Å². The second-order valence-electron chi connectivity index (χ2n) is 7.45. The first-order valence-corrected chi connectivity index (χ1v) is 8.31. The number of imidazole rings is 1. The van der Waals surface area contributed by atoms with Crippen molar-refractivity contribution in [3.05, 3.63) is 30.1 Å². The lowest BCUT2D eigenvalue weighted by Gasteiger charge is -2.32. The Bertz CT molecular complexity index is 742. The first-order valence-electron chi connectivity index (χ1n) is 8.31. The van der Waals surface area contributed by atoms with Crippen molar-refractivity contribution in [1.82, 2.24) is 20.2 Å². The van der Waals surface area contributed by atoms with Gasteiger partial charge in [-0.25, -0.2) is 4.98 Å². The van der Waals surface area contributed by atoms with Gasteiger partial charge in [-0.2, -0.15) is 0 Å². The Labute approximate surface area is 141 Å². The van der Waals surface area contributed by atoms with Gasteiger partial charge in [-0.3, -0.25) is 9.59 Å². The number of aromatic nitrogens is 2. The van der Waals surface area contributed by atoms with E-state index in [4.69, 9.17) is 0 Å². The Kier molecular flexibility index (Phi) is 4.07. The molecule has 1 fully saturated rings. The molecule has 2 amide bonds. The number of hydrogen-bond acceptors (Lipinski definition) is 3. The van der Waals surface area contributed by atoms with E-state index in [0.29, 0.717) is 6.54 Å². The smallest absolute Gasteiger partial charge is 0.226 e. The van der Waals surface area contributed by atoms with Crippen LogP contribution in [0.15, 0.2) is 24.3 Å². The maximum Gasteiger partial charge on any atom is 0.226 e. The monoisotopic (exact) mass is 328 g/mol. The molecule has 128 valence electrons. The van der Waals surface area contributed by atoms with Crippen molar-refractivity contribution in [2.45, 2.75) is 45.7 Å². The minimum absolute atomic E-state index is 0.0408. The van der Waals surface area contributed by atoms with Crippen molar-refractivity contribution in [2.24, 2.45) is 5.92 Å². The van der Waals surface area contributed by atoms with Gasteiger partial charge in [0, 0.05) is 18.5 Å². The summed E-state index contributed by atoms with van der Waals surface area (Å²) in [6.07, 6.45) is 0.274. The summed E-state index contributed by atoms with van der Waals surface area (Å²) in [6, 6.07) is 7.53. The second-order valence-corrected chi connectivity index (χ2v) is 7.45. The topological polar surface area (TPSA) is 78.1 Å². The maximum atomic E-state index is 12.5. The molecule has 1 aliphatic rings. The largest absolute Gasteiger partial charge is 0.346 e. The molecular weight excluding hydrogens is 304 g/mol. The molecule has 0 aliphatic carbocycles. The van der Waals surface area contributed by atoms with Crippen molar-refractivity contribution >= 4 is 22.8 Å². The third-order valence-electron chi connectivity index (χ3n) is 4.48. The van der Waals surface area contributed by atoms with Crippen molar-refractivity contribution in [1.29, 1.82) is 0 Å². The highest BCUT2D eigenvalue weighted by Gasteiger charge is 2.39. The van der Waals surface area contributed by atoms with Crippen LogP contribution in [0.3, 0.4) is 0 Å². The lowest BCUT2D eigenvalue weighted by molar-refractivity contribution is -0.132. The van der Waals surface area contributed by atoms with Crippen molar-refractivity contribution in [3.63, 3.8) is 0 Å². The summed E-state index contributed by atoms with van der Waals surface area (Å²) in [5.41, 5.74) is 1.57. The molecule has 2 atom stereocenters. The SMILES string of the molecule is C[C@H](NC(=O)C1CC(=O)N(C(C)(C)C)C1)c1nc2ccccc2[nH]1. The molecular formula is C18H24N4O2. The first-order chi connectivity index (χ1) is 11.3. The predicted molar refractivity (Wildman–Crippen MR) is 92.2 cm³/mol. The zero-order valence-electron chi connectivity index (χ0n) is 14.6. The Morgan fingerprint density at radius 3 is 2.71 bits per heavy atom. The molecule has 0 saturated carbocycles. The quantitative estimate of drug-likeness (QED) is 0.908. The fourth-order valence-electron chi connectivity index (χ4n) is 3.11. The van der Waals surface area contributed by atoms with Crippen LogP contribution >= 0.6 is 0 Å². The summed E-state index contributed by atoms with van der Waals surface area (Å²) in [4.78, 5) is 34.2. The molecule has 2 N–H and O–H groups in total. The highest BCUT2D eigenvalue weighted by Crippen LogP contribution is 2.26. The van der Waals surface area contributed by atoms with Crippen LogP contribution < -0.4 is 5.32 Å².